The first-order valence-corrected chi connectivity index (χ1v) is 6.71. The fourth-order valence-corrected chi connectivity index (χ4v) is 2.28. The van der Waals surface area contributed by atoms with E-state index in [1.807, 2.05) is 0 Å². The average molecular weight is 327 g/mol. The van der Waals surface area contributed by atoms with Crippen LogP contribution in [0.15, 0.2) is 52.7 Å². The third kappa shape index (κ3) is 2.67. The van der Waals surface area contributed by atoms with Gasteiger partial charge in [0.25, 0.3) is 11.6 Å². The van der Waals surface area contributed by atoms with Gasteiger partial charge < -0.3 is 5.32 Å². The number of para-hydroxylation sites is 1. The molecule has 24 heavy (non-hydrogen) atoms. The van der Waals surface area contributed by atoms with Crippen LogP contribution in [0.25, 0.3) is 0 Å². The van der Waals surface area contributed by atoms with Crippen molar-refractivity contribution in [3.05, 3.63) is 68.3 Å². The lowest BCUT2D eigenvalue weighted by Gasteiger charge is -2.01. The molecule has 0 aliphatic carbocycles. The molecule has 0 radical (unpaired) electrons. The lowest BCUT2D eigenvalue weighted by atomic mass is 10.1. The molecule has 0 fully saturated rings. The molecule has 1 unspecified atom stereocenters. The molecule has 0 spiro atoms. The zero-order valence-electron chi connectivity index (χ0n) is 11.9. The van der Waals surface area contributed by atoms with E-state index in [1.165, 1.54) is 0 Å². The number of anilines is 1. The Kier molecular flexibility index (Phi) is 3.70. The Hall–Kier alpha value is -3.69. The molecule has 1 aliphatic heterocycles. The smallest absolute Gasteiger partial charge is 0.303 e. The van der Waals surface area contributed by atoms with Gasteiger partial charge in [-0.2, -0.15) is 5.11 Å². The van der Waals surface area contributed by atoms with Gasteiger partial charge in [-0.15, -0.1) is 5.11 Å². The number of amides is 1. The van der Waals surface area contributed by atoms with E-state index in [0.29, 0.717) is 11.3 Å². The maximum Gasteiger partial charge on any atom is 0.303 e. The summed E-state index contributed by atoms with van der Waals surface area (Å²) in [6.45, 7) is 0. The Labute approximate surface area is 134 Å². The predicted molar refractivity (Wildman–Crippen MR) is 82.1 cm³/mol. The Morgan fingerprint density at radius 2 is 1.79 bits per heavy atom. The number of nitro benzene ring substituents is 2. The maximum absolute atomic E-state index is 11.9. The molecule has 2 aromatic rings. The molecule has 10 nitrogen and oxygen atoms in total. The number of benzene rings is 2. The highest BCUT2D eigenvalue weighted by atomic mass is 16.6. The van der Waals surface area contributed by atoms with Crippen LogP contribution >= 0.6 is 0 Å². The lowest BCUT2D eigenvalue weighted by molar-refractivity contribution is -0.393. The van der Waals surface area contributed by atoms with Crippen molar-refractivity contribution in [2.45, 2.75) is 6.04 Å². The van der Waals surface area contributed by atoms with Crippen LogP contribution in [0.5, 0.6) is 0 Å². The Morgan fingerprint density at radius 1 is 1.04 bits per heavy atom. The normalized spacial score (nSPS) is 16.0. The van der Waals surface area contributed by atoms with E-state index >= 15 is 0 Å². The lowest BCUT2D eigenvalue weighted by Crippen LogP contribution is -2.09. The van der Waals surface area contributed by atoms with E-state index in [4.69, 9.17) is 0 Å². The summed E-state index contributed by atoms with van der Waals surface area (Å²) in [4.78, 5) is 32.2. The molecule has 1 aliphatic rings. The molecule has 0 saturated carbocycles. The number of azo groups is 1. The standard InChI is InChI=1S/C14H9N5O5/c20-14-13(9-3-1-2-4-10(9)15-14)17-16-11-6-5-8(18(21)22)7-12(11)19(23)24/h1-7,13H,(H,15,20). The summed E-state index contributed by atoms with van der Waals surface area (Å²) in [6.07, 6.45) is 0. The fourth-order valence-electron chi connectivity index (χ4n) is 2.28. The van der Waals surface area contributed by atoms with Gasteiger partial charge in [-0.1, -0.05) is 18.2 Å². The second-order valence-corrected chi connectivity index (χ2v) is 4.88. The largest absolute Gasteiger partial charge is 0.324 e. The van der Waals surface area contributed by atoms with Crippen LogP contribution in [0.3, 0.4) is 0 Å². The average Bonchev–Trinajstić information content (AvgIpc) is 2.87. The van der Waals surface area contributed by atoms with Crippen molar-refractivity contribution in [2.24, 2.45) is 10.2 Å². The molecule has 10 heteroatoms. The minimum Gasteiger partial charge on any atom is -0.324 e. The monoisotopic (exact) mass is 327 g/mol. The van der Waals surface area contributed by atoms with Crippen LogP contribution in [0.4, 0.5) is 22.7 Å². The molecule has 1 heterocycles. The molecule has 3 rings (SSSR count). The topological polar surface area (TPSA) is 140 Å². The first kappa shape index (κ1) is 15.2. The van der Waals surface area contributed by atoms with Crippen molar-refractivity contribution in [1.29, 1.82) is 0 Å². The number of nitrogens with zero attached hydrogens (tertiary/aromatic N) is 4. The van der Waals surface area contributed by atoms with E-state index in [2.05, 4.69) is 15.5 Å². The van der Waals surface area contributed by atoms with Gasteiger partial charge in [-0.25, -0.2) is 0 Å². The highest BCUT2D eigenvalue weighted by Crippen LogP contribution is 2.36. The van der Waals surface area contributed by atoms with Gasteiger partial charge >= 0.3 is 5.69 Å². The molecule has 0 bridgehead atoms. The van der Waals surface area contributed by atoms with Gasteiger partial charge in [0.05, 0.1) is 15.9 Å². The summed E-state index contributed by atoms with van der Waals surface area (Å²) >= 11 is 0. The molecule has 0 aromatic heterocycles. The number of rotatable bonds is 4. The van der Waals surface area contributed by atoms with Crippen LogP contribution in [-0.2, 0) is 4.79 Å². The van der Waals surface area contributed by atoms with Gasteiger partial charge in [0.15, 0.2) is 11.7 Å². The molecule has 1 amide bonds. The summed E-state index contributed by atoms with van der Waals surface area (Å²) in [6, 6.07) is 8.98. The van der Waals surface area contributed by atoms with E-state index < -0.39 is 33.2 Å². The number of carbonyl (C=O) groups excluding carboxylic acids is 1. The van der Waals surface area contributed by atoms with Crippen molar-refractivity contribution in [2.75, 3.05) is 5.32 Å². The minimum absolute atomic E-state index is 0.164. The van der Waals surface area contributed by atoms with Crippen LogP contribution in [-0.4, -0.2) is 15.8 Å². The van der Waals surface area contributed by atoms with Crippen LogP contribution < -0.4 is 5.32 Å². The minimum atomic E-state index is -0.920. The molecular weight excluding hydrogens is 318 g/mol. The van der Waals surface area contributed by atoms with Crippen LogP contribution in [0.2, 0.25) is 0 Å². The van der Waals surface area contributed by atoms with Crippen molar-refractivity contribution < 1.29 is 14.6 Å². The number of nitro groups is 2. The van der Waals surface area contributed by atoms with E-state index in [9.17, 15) is 25.0 Å². The Balaban J connectivity index is 1.96. The number of hydrogen-bond acceptors (Lipinski definition) is 7. The van der Waals surface area contributed by atoms with Crippen LogP contribution in [0, 0.1) is 20.2 Å². The molecule has 1 atom stereocenters. The molecule has 120 valence electrons. The zero-order chi connectivity index (χ0) is 17.3. The van der Waals surface area contributed by atoms with Gasteiger partial charge in [0.2, 0.25) is 0 Å². The highest BCUT2D eigenvalue weighted by Gasteiger charge is 2.30. The summed E-state index contributed by atoms with van der Waals surface area (Å²) in [5.74, 6) is -0.399. The van der Waals surface area contributed by atoms with Crippen molar-refractivity contribution in [3.63, 3.8) is 0 Å². The first-order valence-electron chi connectivity index (χ1n) is 6.71. The molecule has 1 N–H and O–H groups in total. The second kappa shape index (κ2) is 5.83. The van der Waals surface area contributed by atoms with Crippen LogP contribution in [0.1, 0.15) is 11.6 Å². The maximum atomic E-state index is 11.9. The fraction of sp³-hybridized carbons (Fsp3) is 0.0714. The molecule has 0 saturated heterocycles. The third-order valence-corrected chi connectivity index (χ3v) is 3.41. The van der Waals surface area contributed by atoms with E-state index in [-0.39, 0.29) is 5.69 Å². The molecule has 2 aromatic carbocycles. The van der Waals surface area contributed by atoms with Crippen molar-refractivity contribution in [1.82, 2.24) is 0 Å². The molecular formula is C14H9N5O5. The summed E-state index contributed by atoms with van der Waals surface area (Å²) in [5, 5.41) is 32.0. The van der Waals surface area contributed by atoms with Gasteiger partial charge in [-0.3, -0.25) is 25.0 Å². The van der Waals surface area contributed by atoms with Crippen molar-refractivity contribution >= 4 is 28.7 Å². The van der Waals surface area contributed by atoms with Gasteiger partial charge in [0, 0.05) is 17.3 Å². The second-order valence-electron chi connectivity index (χ2n) is 4.88. The highest BCUT2D eigenvalue weighted by molar-refractivity contribution is 6.02. The summed E-state index contributed by atoms with van der Waals surface area (Å²) in [7, 11) is 0. The van der Waals surface area contributed by atoms with E-state index in [0.717, 1.165) is 18.2 Å². The van der Waals surface area contributed by atoms with Crippen molar-refractivity contribution in [3.8, 4) is 0 Å². The number of nitrogens with one attached hydrogen (secondary N) is 1. The Morgan fingerprint density at radius 3 is 2.50 bits per heavy atom. The van der Waals surface area contributed by atoms with Gasteiger partial charge in [0.1, 0.15) is 0 Å². The number of non-ortho nitro benzene ring substituents is 1. The third-order valence-electron chi connectivity index (χ3n) is 3.41. The quantitative estimate of drug-likeness (QED) is 0.521. The number of hydrogen-bond donors (Lipinski definition) is 1. The Bertz CT molecular complexity index is 895. The number of fused-ring (bicyclic) bond motifs is 1. The van der Waals surface area contributed by atoms with Gasteiger partial charge in [-0.05, 0) is 12.1 Å². The summed E-state index contributed by atoms with van der Waals surface area (Å²) in [5.41, 5.74) is 0.0625. The SMILES string of the molecule is O=C1Nc2ccccc2C1N=Nc1ccc([N+](=O)[O-])cc1[N+](=O)[O-]. The zero-order valence-corrected chi connectivity index (χ0v) is 11.9. The summed E-state index contributed by atoms with van der Waals surface area (Å²) < 4.78 is 0. The predicted octanol–water partition coefficient (Wildman–Crippen LogP) is 3.28. The number of carbonyl (C=O) groups is 1. The first-order chi connectivity index (χ1) is 11.5. The van der Waals surface area contributed by atoms with E-state index in [1.54, 1.807) is 24.3 Å².